The summed E-state index contributed by atoms with van der Waals surface area (Å²) >= 11 is 0. The summed E-state index contributed by atoms with van der Waals surface area (Å²) in [4.78, 5) is 11.3. The van der Waals surface area contributed by atoms with Gasteiger partial charge < -0.3 is 15.6 Å². The molecule has 0 aliphatic rings. The number of hydrogen-bond acceptors (Lipinski definition) is 3. The van der Waals surface area contributed by atoms with Crippen molar-refractivity contribution in [3.8, 4) is 5.75 Å². The molecule has 2 unspecified atom stereocenters. The monoisotopic (exact) mass is 299 g/mol. The lowest BCUT2D eigenvalue weighted by Crippen LogP contribution is -2.23. The van der Waals surface area contributed by atoms with E-state index in [-0.39, 0.29) is 6.10 Å². The highest BCUT2D eigenvalue weighted by Gasteiger charge is 2.23. The van der Waals surface area contributed by atoms with E-state index in [0.717, 1.165) is 24.2 Å². The Balaban J connectivity index is 2.34. The summed E-state index contributed by atoms with van der Waals surface area (Å²) in [6, 6.07) is 16.7. The summed E-state index contributed by atoms with van der Waals surface area (Å²) in [5.41, 5.74) is 6.53. The smallest absolute Gasteiger partial charge is 0.250 e. The zero-order valence-electron chi connectivity index (χ0n) is 12.6. The van der Waals surface area contributed by atoms with Crippen molar-refractivity contribution >= 4 is 5.91 Å². The molecule has 0 heterocycles. The molecule has 22 heavy (non-hydrogen) atoms. The summed E-state index contributed by atoms with van der Waals surface area (Å²) in [5, 5.41) is 10.0. The van der Waals surface area contributed by atoms with Crippen LogP contribution < -0.4 is 10.5 Å². The number of carbonyl (C=O) groups is 1. The first-order valence-electron chi connectivity index (χ1n) is 7.41. The van der Waals surface area contributed by atoms with Crippen LogP contribution in [0, 0.1) is 0 Å². The molecule has 2 aromatic carbocycles. The molecule has 0 fully saturated rings. The van der Waals surface area contributed by atoms with Crippen LogP contribution in [0.1, 0.15) is 43.1 Å². The second kappa shape index (κ2) is 7.61. The second-order valence-electron chi connectivity index (χ2n) is 5.14. The van der Waals surface area contributed by atoms with Crippen LogP contribution in [0.15, 0.2) is 54.6 Å². The van der Waals surface area contributed by atoms with Crippen LogP contribution in [0.3, 0.4) is 0 Å². The van der Waals surface area contributed by atoms with Crippen molar-refractivity contribution in [3.05, 3.63) is 65.7 Å². The Bertz CT molecular complexity index is 613. The maximum atomic E-state index is 11.3. The molecule has 3 N–H and O–H groups in total. The van der Waals surface area contributed by atoms with Crippen molar-refractivity contribution in [1.29, 1.82) is 0 Å². The molecule has 0 radical (unpaired) electrons. The Morgan fingerprint density at radius 2 is 1.68 bits per heavy atom. The fourth-order valence-corrected chi connectivity index (χ4v) is 2.41. The van der Waals surface area contributed by atoms with Gasteiger partial charge in [-0.25, -0.2) is 0 Å². The van der Waals surface area contributed by atoms with Gasteiger partial charge in [0.2, 0.25) is 0 Å². The largest absolute Gasteiger partial charge is 0.486 e. The molecular formula is C18H21NO3. The standard InChI is InChI=1S/C18H21NO3/c1-2-8-16(22-13-9-4-3-5-10-13)14-11-6-7-12-15(14)17(20)18(19)21/h3-7,9-12,16-17,20H,2,8H2,1H3,(H2,19,21). The lowest BCUT2D eigenvalue weighted by molar-refractivity contribution is -0.126. The van der Waals surface area contributed by atoms with Gasteiger partial charge in [-0.1, -0.05) is 55.8 Å². The topological polar surface area (TPSA) is 72.6 Å². The van der Waals surface area contributed by atoms with Crippen molar-refractivity contribution in [2.45, 2.75) is 32.0 Å². The van der Waals surface area contributed by atoms with Crippen molar-refractivity contribution in [2.75, 3.05) is 0 Å². The maximum absolute atomic E-state index is 11.3. The van der Waals surface area contributed by atoms with Gasteiger partial charge in [0.25, 0.3) is 5.91 Å². The fourth-order valence-electron chi connectivity index (χ4n) is 2.41. The maximum Gasteiger partial charge on any atom is 0.250 e. The van der Waals surface area contributed by atoms with Crippen LogP contribution >= 0.6 is 0 Å². The molecular weight excluding hydrogens is 278 g/mol. The lowest BCUT2D eigenvalue weighted by atomic mass is 9.95. The number of ether oxygens (including phenoxy) is 1. The Morgan fingerprint density at radius 1 is 1.09 bits per heavy atom. The normalized spacial score (nSPS) is 13.4. The van der Waals surface area contributed by atoms with Gasteiger partial charge >= 0.3 is 0 Å². The number of benzene rings is 2. The average molecular weight is 299 g/mol. The zero-order valence-corrected chi connectivity index (χ0v) is 12.6. The van der Waals surface area contributed by atoms with E-state index in [2.05, 4.69) is 6.92 Å². The third-order valence-corrected chi connectivity index (χ3v) is 3.48. The van der Waals surface area contributed by atoms with E-state index in [1.54, 1.807) is 12.1 Å². The number of primary amides is 1. The minimum absolute atomic E-state index is 0.238. The van der Waals surface area contributed by atoms with Crippen molar-refractivity contribution in [1.82, 2.24) is 0 Å². The molecule has 4 heteroatoms. The molecule has 2 aromatic rings. The fraction of sp³-hybridized carbons (Fsp3) is 0.278. The molecule has 0 saturated heterocycles. The first-order valence-corrected chi connectivity index (χ1v) is 7.41. The van der Waals surface area contributed by atoms with E-state index in [1.165, 1.54) is 0 Å². The number of nitrogens with two attached hydrogens (primary N) is 1. The summed E-state index contributed by atoms with van der Waals surface area (Å²) in [6.07, 6.45) is 0.128. The summed E-state index contributed by atoms with van der Waals surface area (Å²) < 4.78 is 6.05. The van der Waals surface area contributed by atoms with E-state index in [1.807, 2.05) is 42.5 Å². The number of aliphatic hydroxyl groups excluding tert-OH is 1. The van der Waals surface area contributed by atoms with Crippen LogP contribution in [0.5, 0.6) is 5.75 Å². The van der Waals surface area contributed by atoms with E-state index >= 15 is 0 Å². The third kappa shape index (κ3) is 3.86. The second-order valence-corrected chi connectivity index (χ2v) is 5.14. The molecule has 0 saturated carbocycles. The third-order valence-electron chi connectivity index (χ3n) is 3.48. The number of amides is 1. The van der Waals surface area contributed by atoms with Crippen molar-refractivity contribution in [2.24, 2.45) is 5.73 Å². The quantitative estimate of drug-likeness (QED) is 0.825. The van der Waals surface area contributed by atoms with Gasteiger partial charge in [0.05, 0.1) is 0 Å². The highest BCUT2D eigenvalue weighted by atomic mass is 16.5. The van der Waals surface area contributed by atoms with Gasteiger partial charge in [0.15, 0.2) is 6.10 Å². The Labute approximate surface area is 130 Å². The summed E-state index contributed by atoms with van der Waals surface area (Å²) in [6.45, 7) is 2.06. The van der Waals surface area contributed by atoms with Crippen LogP contribution in [-0.2, 0) is 4.79 Å². The van der Waals surface area contributed by atoms with E-state index < -0.39 is 12.0 Å². The predicted octanol–water partition coefficient (Wildman–Crippen LogP) is 3.13. The van der Waals surface area contributed by atoms with Gasteiger partial charge in [-0.05, 0) is 29.7 Å². The molecule has 0 aliphatic carbocycles. The first kappa shape index (κ1) is 16.0. The van der Waals surface area contributed by atoms with Gasteiger partial charge in [-0.2, -0.15) is 0 Å². The molecule has 2 rings (SSSR count). The SMILES string of the molecule is CCCC(Oc1ccccc1)c1ccccc1C(O)C(N)=O. The zero-order chi connectivity index (χ0) is 15.9. The summed E-state index contributed by atoms with van der Waals surface area (Å²) in [7, 11) is 0. The van der Waals surface area contributed by atoms with E-state index in [4.69, 9.17) is 10.5 Å². The lowest BCUT2D eigenvalue weighted by Gasteiger charge is -2.23. The Morgan fingerprint density at radius 3 is 2.27 bits per heavy atom. The Kier molecular flexibility index (Phi) is 5.55. The predicted molar refractivity (Wildman–Crippen MR) is 85.3 cm³/mol. The molecule has 4 nitrogen and oxygen atoms in total. The highest BCUT2D eigenvalue weighted by molar-refractivity contribution is 5.80. The van der Waals surface area contributed by atoms with Crippen LogP contribution in [0.2, 0.25) is 0 Å². The van der Waals surface area contributed by atoms with Gasteiger partial charge in [-0.3, -0.25) is 4.79 Å². The molecule has 0 aliphatic heterocycles. The van der Waals surface area contributed by atoms with Crippen LogP contribution in [0.4, 0.5) is 0 Å². The van der Waals surface area contributed by atoms with Crippen LogP contribution in [-0.4, -0.2) is 11.0 Å². The molecule has 0 spiro atoms. The number of rotatable bonds is 7. The molecule has 116 valence electrons. The minimum Gasteiger partial charge on any atom is -0.486 e. The molecule has 2 atom stereocenters. The number of para-hydroxylation sites is 1. The number of hydrogen-bond donors (Lipinski definition) is 2. The first-order chi connectivity index (χ1) is 10.6. The Hall–Kier alpha value is -2.33. The molecule has 0 aromatic heterocycles. The van der Waals surface area contributed by atoms with E-state index in [9.17, 15) is 9.90 Å². The summed E-state index contributed by atoms with van der Waals surface area (Å²) in [5.74, 6) is -0.00766. The van der Waals surface area contributed by atoms with E-state index in [0.29, 0.717) is 5.56 Å². The van der Waals surface area contributed by atoms with Gasteiger partial charge in [-0.15, -0.1) is 0 Å². The molecule has 1 amide bonds. The molecule has 0 bridgehead atoms. The van der Waals surface area contributed by atoms with Gasteiger partial charge in [0, 0.05) is 0 Å². The van der Waals surface area contributed by atoms with Crippen molar-refractivity contribution < 1.29 is 14.6 Å². The number of carbonyl (C=O) groups excluding carboxylic acids is 1. The van der Waals surface area contributed by atoms with Gasteiger partial charge in [0.1, 0.15) is 11.9 Å². The highest BCUT2D eigenvalue weighted by Crippen LogP contribution is 2.31. The average Bonchev–Trinajstić information content (AvgIpc) is 2.54. The van der Waals surface area contributed by atoms with Crippen LogP contribution in [0.25, 0.3) is 0 Å². The minimum atomic E-state index is -1.32. The number of aliphatic hydroxyl groups is 1. The van der Waals surface area contributed by atoms with Crippen molar-refractivity contribution in [3.63, 3.8) is 0 Å².